The smallest absolute Gasteiger partial charge is 0.349 e. The Morgan fingerprint density at radius 3 is 2.75 bits per heavy atom. The van der Waals surface area contributed by atoms with Crippen molar-refractivity contribution in [1.82, 2.24) is 9.89 Å². The van der Waals surface area contributed by atoms with Crippen molar-refractivity contribution >= 4 is 17.3 Å². The molecule has 3 N–H and O–H groups in total. The Hall–Kier alpha value is -1.41. The molecule has 1 heterocycles. The number of hydrogen-bond donors (Lipinski definition) is 2. The normalized spacial score (nSPS) is 12.4. The van der Waals surface area contributed by atoms with Crippen LogP contribution < -0.4 is 10.1 Å². The molecular formula is C4H6N4O3S. The van der Waals surface area contributed by atoms with Crippen molar-refractivity contribution in [2.45, 2.75) is 0 Å². The first-order chi connectivity index (χ1) is 5.63. The van der Waals surface area contributed by atoms with Crippen molar-refractivity contribution < 1.29 is 13.6 Å². The van der Waals surface area contributed by atoms with Crippen molar-refractivity contribution in [2.75, 3.05) is 4.41 Å². The molecule has 0 fully saturated rings. The monoisotopic (exact) mass is 190 g/mol. The maximum Gasteiger partial charge on any atom is 0.349 e. The van der Waals surface area contributed by atoms with Crippen molar-refractivity contribution in [3.8, 4) is 0 Å². The molecule has 0 aliphatic carbocycles. The van der Waals surface area contributed by atoms with Gasteiger partial charge in [-0.15, -0.1) is 4.41 Å². The van der Waals surface area contributed by atoms with E-state index in [4.69, 9.17) is 10.3 Å². The lowest BCUT2D eigenvalue weighted by Crippen LogP contribution is -2.45. The summed E-state index contributed by atoms with van der Waals surface area (Å²) in [5, 5.41) is 3.55. The summed E-state index contributed by atoms with van der Waals surface area (Å²) in [7, 11) is 0. The minimum atomic E-state index is -2.50. The molecule has 1 unspecified atom stereocenters. The van der Waals surface area contributed by atoms with Gasteiger partial charge in [0.2, 0.25) is 0 Å². The van der Waals surface area contributed by atoms with Gasteiger partial charge < -0.3 is 5.73 Å². The summed E-state index contributed by atoms with van der Waals surface area (Å²) in [5.74, 6) is 0. The molecule has 1 rings (SSSR count). The lowest BCUT2D eigenvalue weighted by Gasteiger charge is -2.13. The molecule has 0 saturated heterocycles. The van der Waals surface area contributed by atoms with Crippen molar-refractivity contribution in [1.29, 1.82) is 0 Å². The van der Waals surface area contributed by atoms with E-state index in [1.54, 1.807) is 0 Å². The fourth-order valence-corrected chi connectivity index (χ4v) is 1.01. The number of amides is 2. The zero-order valence-corrected chi connectivity index (χ0v) is 6.64. The van der Waals surface area contributed by atoms with Crippen LogP contribution in [0.15, 0.2) is 18.5 Å². The van der Waals surface area contributed by atoms with Gasteiger partial charge in [0, 0.05) is 0 Å². The third kappa shape index (κ3) is 1.60. The molecule has 1 atom stereocenters. The Morgan fingerprint density at radius 1 is 1.75 bits per heavy atom. The van der Waals surface area contributed by atoms with Crippen LogP contribution in [-0.2, 0) is 11.3 Å². The first kappa shape index (κ1) is 8.68. The van der Waals surface area contributed by atoms with Crippen LogP contribution in [0.4, 0.5) is 4.79 Å². The molecular weight excluding hydrogens is 184 g/mol. The Bertz CT molecular complexity index is 283. The summed E-state index contributed by atoms with van der Waals surface area (Å²) in [6, 6.07) is 0.433. The average molecular weight is 190 g/mol. The average Bonchev–Trinajstić information content (AvgIpc) is 2.37. The van der Waals surface area contributed by atoms with Crippen LogP contribution in [-0.4, -0.2) is 24.7 Å². The predicted molar refractivity (Wildman–Crippen MR) is 40.8 cm³/mol. The Balaban J connectivity index is 2.96. The summed E-state index contributed by atoms with van der Waals surface area (Å²) in [5.41, 5.74) is 4.80. The maximum atomic E-state index is 10.6. The van der Waals surface area contributed by atoms with Gasteiger partial charge in [0.25, 0.3) is 11.3 Å². The maximum absolute atomic E-state index is 10.6. The number of rotatable bonds is 2. The van der Waals surface area contributed by atoms with Gasteiger partial charge in [-0.05, 0) is 6.07 Å². The summed E-state index contributed by atoms with van der Waals surface area (Å²) < 4.78 is 19.5. The molecule has 0 aliphatic rings. The molecule has 0 saturated carbocycles. The molecule has 0 aliphatic heterocycles. The van der Waals surface area contributed by atoms with Gasteiger partial charge in [0.05, 0.1) is 12.4 Å². The van der Waals surface area contributed by atoms with Gasteiger partial charge in [-0.3, -0.25) is 4.55 Å². The number of nitrogens with two attached hydrogens (primary N) is 1. The number of urea groups is 1. The highest BCUT2D eigenvalue weighted by molar-refractivity contribution is 7.81. The van der Waals surface area contributed by atoms with E-state index in [0.29, 0.717) is 4.41 Å². The van der Waals surface area contributed by atoms with Gasteiger partial charge in [0.15, 0.2) is 0 Å². The third-order valence-electron chi connectivity index (χ3n) is 1.01. The highest BCUT2D eigenvalue weighted by Gasteiger charge is 2.17. The minimum Gasteiger partial charge on any atom is -0.349 e. The zero-order valence-electron chi connectivity index (χ0n) is 5.82. The largest absolute Gasteiger partial charge is 0.349 e. The van der Waals surface area contributed by atoms with Crippen molar-refractivity contribution in [3.63, 3.8) is 0 Å². The van der Waals surface area contributed by atoms with Crippen LogP contribution in [0.1, 0.15) is 0 Å². The molecule has 2 amide bonds. The lowest BCUT2D eigenvalue weighted by atomic mass is 10.8. The van der Waals surface area contributed by atoms with Gasteiger partial charge >= 0.3 is 6.03 Å². The van der Waals surface area contributed by atoms with Crippen LogP contribution in [0.25, 0.3) is 0 Å². The van der Waals surface area contributed by atoms with E-state index in [9.17, 15) is 9.00 Å². The SMILES string of the molecule is NC(=O)N(n1cccn1)S(=O)O. The number of primary amides is 1. The Kier molecular flexibility index (Phi) is 2.41. The quantitative estimate of drug-likeness (QED) is 0.586. The summed E-state index contributed by atoms with van der Waals surface area (Å²) in [6.07, 6.45) is 2.67. The highest BCUT2D eigenvalue weighted by atomic mass is 32.2. The third-order valence-corrected chi connectivity index (χ3v) is 1.66. The van der Waals surface area contributed by atoms with Gasteiger partial charge in [-0.1, -0.05) is 0 Å². The first-order valence-corrected chi connectivity index (χ1v) is 3.89. The first-order valence-electron chi connectivity index (χ1n) is 2.83. The molecule has 1 aromatic heterocycles. The molecule has 0 bridgehead atoms. The van der Waals surface area contributed by atoms with E-state index < -0.39 is 17.3 Å². The number of hydrogen-bond acceptors (Lipinski definition) is 3. The van der Waals surface area contributed by atoms with E-state index in [0.717, 1.165) is 4.79 Å². The highest BCUT2D eigenvalue weighted by Crippen LogP contribution is 1.91. The lowest BCUT2D eigenvalue weighted by molar-refractivity contribution is 0.252. The zero-order chi connectivity index (χ0) is 9.14. The van der Waals surface area contributed by atoms with E-state index >= 15 is 0 Å². The van der Waals surface area contributed by atoms with Crippen LogP contribution in [0.5, 0.6) is 0 Å². The molecule has 8 heteroatoms. The second kappa shape index (κ2) is 3.32. The molecule has 0 aromatic carbocycles. The molecule has 66 valence electrons. The summed E-state index contributed by atoms with van der Waals surface area (Å²) in [6.45, 7) is 0. The van der Waals surface area contributed by atoms with Crippen LogP contribution >= 0.6 is 0 Å². The molecule has 12 heavy (non-hydrogen) atoms. The second-order valence-electron chi connectivity index (χ2n) is 1.77. The minimum absolute atomic E-state index is 0.389. The fourth-order valence-electron chi connectivity index (χ4n) is 0.618. The summed E-state index contributed by atoms with van der Waals surface area (Å²) >= 11 is -2.50. The topological polar surface area (TPSA) is 101 Å². The second-order valence-corrected chi connectivity index (χ2v) is 2.58. The molecule has 1 aromatic rings. The Morgan fingerprint density at radius 2 is 2.42 bits per heavy atom. The van der Waals surface area contributed by atoms with E-state index in [-0.39, 0.29) is 0 Å². The molecule has 0 spiro atoms. The van der Waals surface area contributed by atoms with Crippen LogP contribution in [0.2, 0.25) is 0 Å². The fraction of sp³-hybridized carbons (Fsp3) is 0. The van der Waals surface area contributed by atoms with Crippen molar-refractivity contribution in [3.05, 3.63) is 18.5 Å². The van der Waals surface area contributed by atoms with E-state index in [2.05, 4.69) is 5.10 Å². The van der Waals surface area contributed by atoms with E-state index in [1.165, 1.54) is 18.5 Å². The van der Waals surface area contributed by atoms with Crippen LogP contribution in [0.3, 0.4) is 0 Å². The van der Waals surface area contributed by atoms with Crippen LogP contribution in [0, 0.1) is 0 Å². The summed E-state index contributed by atoms with van der Waals surface area (Å²) in [4.78, 5) is 11.4. The van der Waals surface area contributed by atoms with Gasteiger partial charge in [-0.25, -0.2) is 9.00 Å². The van der Waals surface area contributed by atoms with Gasteiger partial charge in [0.1, 0.15) is 0 Å². The predicted octanol–water partition coefficient (Wildman–Crippen LogP) is -0.964. The van der Waals surface area contributed by atoms with E-state index in [1.807, 2.05) is 0 Å². The van der Waals surface area contributed by atoms with Crippen molar-refractivity contribution in [2.24, 2.45) is 5.73 Å². The standard InChI is InChI=1S/C4H6N4O3S/c5-4(9)8(12(10)11)7-3-1-2-6-7/h1-3H,(H2,5,9)(H,10,11). The molecule has 7 nitrogen and oxygen atoms in total. The Labute approximate surface area is 70.1 Å². The molecule has 0 radical (unpaired) electrons. The van der Waals surface area contributed by atoms with Gasteiger partial charge in [-0.2, -0.15) is 9.89 Å². The number of nitrogens with zero attached hydrogens (tertiary/aromatic N) is 3. The number of carbonyl (C=O) groups is 1. The number of carbonyl (C=O) groups excluding carboxylic acids is 1. The number of aromatic nitrogens is 2.